The van der Waals surface area contributed by atoms with E-state index in [2.05, 4.69) is 47.4 Å². The van der Waals surface area contributed by atoms with Crippen LogP contribution < -0.4 is 10.2 Å². The zero-order valence-corrected chi connectivity index (χ0v) is 23.8. The van der Waals surface area contributed by atoms with Crippen LogP contribution in [0.25, 0.3) is 5.78 Å². The second kappa shape index (κ2) is 13.9. The number of nitrogens with one attached hydrogen (secondary N) is 1. The first kappa shape index (κ1) is 29.1. The number of imidazole rings is 1. The van der Waals surface area contributed by atoms with Gasteiger partial charge in [0.1, 0.15) is 24.2 Å². The van der Waals surface area contributed by atoms with Gasteiger partial charge in [-0.15, -0.1) is 0 Å². The fraction of sp³-hybridized carbons (Fsp3) is 0.467. The van der Waals surface area contributed by atoms with E-state index in [1.807, 2.05) is 62.9 Å². The van der Waals surface area contributed by atoms with Gasteiger partial charge in [0.15, 0.2) is 0 Å². The Hall–Kier alpha value is -3.92. The number of hydrogen-bond donors (Lipinski definition) is 2. The number of aromatic nitrogens is 6. The molecule has 1 aliphatic heterocycles. The van der Waals surface area contributed by atoms with E-state index >= 15 is 0 Å². The Labute approximate surface area is 236 Å². The Balaban J connectivity index is 0.000000135. The lowest BCUT2D eigenvalue weighted by atomic mass is 10.2. The maximum Gasteiger partial charge on any atom is 0.233 e. The maximum atomic E-state index is 10.4. The quantitative estimate of drug-likeness (QED) is 0.352. The third-order valence-electron chi connectivity index (χ3n) is 7.04. The van der Waals surface area contributed by atoms with E-state index in [1.165, 1.54) is 30.3 Å². The second-order valence-electron chi connectivity index (χ2n) is 10.1. The summed E-state index contributed by atoms with van der Waals surface area (Å²) in [6.07, 6.45) is 16.4. The number of aliphatic hydroxyl groups excluding tert-OH is 1. The van der Waals surface area contributed by atoms with E-state index in [0.717, 1.165) is 54.7 Å². The van der Waals surface area contributed by atoms with Crippen molar-refractivity contribution in [3.8, 4) is 0 Å². The Kier molecular flexibility index (Phi) is 10.1. The van der Waals surface area contributed by atoms with Gasteiger partial charge in [0.2, 0.25) is 5.78 Å². The molecule has 3 atom stereocenters. The van der Waals surface area contributed by atoms with E-state index < -0.39 is 0 Å². The predicted octanol–water partition coefficient (Wildman–Crippen LogP) is 4.41. The van der Waals surface area contributed by atoms with Crippen LogP contribution in [0.5, 0.6) is 0 Å². The van der Waals surface area contributed by atoms with E-state index in [1.54, 1.807) is 6.20 Å². The fourth-order valence-electron chi connectivity index (χ4n) is 4.53. The summed E-state index contributed by atoms with van der Waals surface area (Å²) in [5.41, 5.74) is 3.64. The zero-order chi connectivity index (χ0) is 28.5. The molecule has 0 amide bonds. The smallest absolute Gasteiger partial charge is 0.233 e. The summed E-state index contributed by atoms with van der Waals surface area (Å²) in [6, 6.07) is 5.92. The molecule has 7 rings (SSSR count). The number of aryl methyl sites for hydroxylation is 1. The Bertz CT molecular complexity index is 1370. The summed E-state index contributed by atoms with van der Waals surface area (Å²) in [4.78, 5) is 33.3. The van der Waals surface area contributed by atoms with Gasteiger partial charge in [-0.2, -0.15) is 0 Å². The number of rotatable bonds is 5. The minimum absolute atomic E-state index is 0.219. The number of carbonyl (C=O) groups excluding carboxylic acids is 1. The highest BCUT2D eigenvalue weighted by Crippen LogP contribution is 2.45. The zero-order valence-electron chi connectivity index (χ0n) is 23.8. The largest absolute Gasteiger partial charge is 0.391 e. The van der Waals surface area contributed by atoms with Crippen molar-refractivity contribution in [2.75, 3.05) is 30.4 Å². The average Bonchev–Trinajstić information content (AvgIpc) is 3.91. The van der Waals surface area contributed by atoms with Crippen LogP contribution in [0.3, 0.4) is 0 Å². The first-order valence-electron chi connectivity index (χ1n) is 14.1. The van der Waals surface area contributed by atoms with Crippen LogP contribution in [0.4, 0.5) is 11.6 Å². The van der Waals surface area contributed by atoms with Crippen molar-refractivity contribution in [1.29, 1.82) is 0 Å². The Morgan fingerprint density at radius 3 is 2.52 bits per heavy atom. The van der Waals surface area contributed by atoms with Gasteiger partial charge in [0, 0.05) is 74.7 Å². The number of pyridine rings is 1. The molecule has 2 unspecified atom stereocenters. The lowest BCUT2D eigenvalue weighted by molar-refractivity contribution is -0.108. The molecule has 0 aromatic carbocycles. The molecular formula is C30H40N8O2. The molecule has 2 aliphatic carbocycles. The van der Waals surface area contributed by atoms with Crippen LogP contribution in [0, 0.1) is 12.8 Å². The number of hydrogen-bond acceptors (Lipinski definition) is 9. The maximum absolute atomic E-state index is 10.4. The number of β-amino-alcohol motifs (C(OH)–C–C–N with tert-alkyl or cyclic N) is 1. The number of aliphatic hydroxyl groups is 1. The molecule has 3 fully saturated rings. The van der Waals surface area contributed by atoms with Crippen molar-refractivity contribution in [1.82, 2.24) is 29.3 Å². The number of anilines is 2. The highest BCUT2D eigenvalue weighted by atomic mass is 16.3. The van der Waals surface area contributed by atoms with E-state index in [-0.39, 0.29) is 12.0 Å². The van der Waals surface area contributed by atoms with Crippen LogP contribution in [0.1, 0.15) is 68.2 Å². The molecule has 212 valence electrons. The van der Waals surface area contributed by atoms with E-state index in [0.29, 0.717) is 12.5 Å². The van der Waals surface area contributed by atoms with Gasteiger partial charge in [-0.05, 0) is 61.8 Å². The molecule has 10 nitrogen and oxygen atoms in total. The highest BCUT2D eigenvalue weighted by Gasteiger charge is 2.39. The molecule has 10 heteroatoms. The number of aldehydes is 1. The summed E-state index contributed by atoms with van der Waals surface area (Å²) >= 11 is 0. The summed E-state index contributed by atoms with van der Waals surface area (Å²) in [7, 11) is 1.82. The molecule has 3 aliphatic rings. The topological polar surface area (TPSA) is 121 Å². The lowest BCUT2D eigenvalue weighted by Crippen LogP contribution is -2.22. The third-order valence-corrected chi connectivity index (χ3v) is 7.04. The molecular weight excluding hydrogens is 504 g/mol. The Morgan fingerprint density at radius 1 is 1.05 bits per heavy atom. The van der Waals surface area contributed by atoms with Crippen LogP contribution in [-0.2, 0) is 4.79 Å². The lowest BCUT2D eigenvalue weighted by Gasteiger charge is -2.16. The van der Waals surface area contributed by atoms with Crippen molar-refractivity contribution >= 4 is 23.7 Å². The fourth-order valence-corrected chi connectivity index (χ4v) is 4.53. The number of nitrogens with zero attached hydrogens (tertiary/aromatic N) is 7. The van der Waals surface area contributed by atoms with Gasteiger partial charge in [-0.3, -0.25) is 9.38 Å². The molecule has 0 bridgehead atoms. The van der Waals surface area contributed by atoms with Crippen molar-refractivity contribution in [3.63, 3.8) is 0 Å². The SMILES string of the molecule is CC.CNc1cc(N2CCC(O)C2)ncn1.Cc1ccnc(C2C[C@H]2C=O)c1.c1cn2cc(C3CC3)cnc2n1. The van der Waals surface area contributed by atoms with Gasteiger partial charge in [-0.1, -0.05) is 13.8 Å². The van der Waals surface area contributed by atoms with E-state index in [9.17, 15) is 9.90 Å². The van der Waals surface area contributed by atoms with Crippen molar-refractivity contribution < 1.29 is 9.90 Å². The standard InChI is InChI=1S/C10H11NO.C9H14N4O.C9H9N3.C2H6/c1-7-2-3-11-10(4-7)9-5-8(9)6-12;1-10-8-4-9(12-6-11-8)13-3-2-7(14)5-13;1-2-7(1)8-5-11-9-10-3-4-12(9)6-8;1-2/h2-4,6,8-9H,5H2,1H3;4,6-7,14H,2-3,5H2,1H3,(H,10,11,12);3-7H,1-2H2;1-2H3/t8-,9?;;;/m0.../s1. The minimum Gasteiger partial charge on any atom is -0.391 e. The van der Waals surface area contributed by atoms with Gasteiger partial charge >= 0.3 is 0 Å². The highest BCUT2D eigenvalue weighted by molar-refractivity contribution is 5.60. The minimum atomic E-state index is -0.219. The monoisotopic (exact) mass is 544 g/mol. The molecule has 1 saturated heterocycles. The summed E-state index contributed by atoms with van der Waals surface area (Å²) in [5, 5.41) is 12.3. The first-order chi connectivity index (χ1) is 19.5. The van der Waals surface area contributed by atoms with Gasteiger partial charge in [-0.25, -0.2) is 19.9 Å². The third kappa shape index (κ3) is 7.81. The average molecular weight is 545 g/mol. The molecule has 4 aromatic rings. The second-order valence-corrected chi connectivity index (χ2v) is 10.1. The van der Waals surface area contributed by atoms with Crippen LogP contribution >= 0.6 is 0 Å². The summed E-state index contributed by atoms with van der Waals surface area (Å²) < 4.78 is 1.98. The predicted molar refractivity (Wildman–Crippen MR) is 157 cm³/mol. The number of fused-ring (bicyclic) bond motifs is 1. The molecule has 4 aromatic heterocycles. The summed E-state index contributed by atoms with van der Waals surface area (Å²) in [5.74, 6) is 3.88. The molecule has 0 radical (unpaired) electrons. The van der Waals surface area contributed by atoms with E-state index in [4.69, 9.17) is 0 Å². The van der Waals surface area contributed by atoms with Crippen molar-refractivity contribution in [2.45, 2.75) is 64.4 Å². The summed E-state index contributed by atoms with van der Waals surface area (Å²) in [6.45, 7) is 7.57. The molecule has 2 N–H and O–H groups in total. The van der Waals surface area contributed by atoms with Crippen molar-refractivity contribution in [2.24, 2.45) is 5.92 Å². The first-order valence-corrected chi connectivity index (χ1v) is 14.1. The van der Waals surface area contributed by atoms with Gasteiger partial charge in [0.05, 0.1) is 6.10 Å². The van der Waals surface area contributed by atoms with Gasteiger partial charge in [0.25, 0.3) is 0 Å². The molecule has 0 spiro atoms. The Morgan fingerprint density at radius 2 is 1.88 bits per heavy atom. The molecule has 40 heavy (non-hydrogen) atoms. The molecule has 2 saturated carbocycles. The van der Waals surface area contributed by atoms with Crippen LogP contribution in [-0.4, -0.2) is 67.0 Å². The van der Waals surface area contributed by atoms with Crippen LogP contribution in [0.2, 0.25) is 0 Å². The van der Waals surface area contributed by atoms with Crippen molar-refractivity contribution in [3.05, 3.63) is 72.3 Å². The number of carbonyl (C=O) groups is 1. The normalized spacial score (nSPS) is 20.7. The van der Waals surface area contributed by atoms with Crippen LogP contribution in [0.15, 0.2) is 55.5 Å². The van der Waals surface area contributed by atoms with Gasteiger partial charge < -0.3 is 20.1 Å². The molecule has 5 heterocycles.